The standard InChI is InChI=1S/C19H14N4O4S2.O3S/c1-28-19-20-9-8-16(21-19)22-23-17-15-10-11(29(25,26)27)6-7-13(15)12-4-2-3-5-14(12)18(17)24;1-4(2)3/h2-10,24H,1H3,(H,25,26,27);. The first kappa shape index (κ1) is 24.2. The summed E-state index contributed by atoms with van der Waals surface area (Å²) in [6.07, 6.45) is 3.37. The molecule has 33 heavy (non-hydrogen) atoms. The van der Waals surface area contributed by atoms with E-state index in [1.54, 1.807) is 36.5 Å². The number of phenolic OH excluding ortho intramolecular Hbond substituents is 1. The number of rotatable bonds is 4. The highest BCUT2D eigenvalue weighted by Gasteiger charge is 2.17. The van der Waals surface area contributed by atoms with Crippen LogP contribution < -0.4 is 0 Å². The van der Waals surface area contributed by atoms with Gasteiger partial charge >= 0.3 is 10.6 Å². The van der Waals surface area contributed by atoms with Crippen LogP contribution in [0, 0.1) is 0 Å². The van der Waals surface area contributed by atoms with Crippen molar-refractivity contribution in [3.8, 4) is 5.75 Å². The minimum atomic E-state index is -4.43. The lowest BCUT2D eigenvalue weighted by Crippen LogP contribution is -1.97. The highest BCUT2D eigenvalue weighted by molar-refractivity contribution is 7.98. The maximum absolute atomic E-state index is 11.6. The molecular weight excluding hydrogens is 492 g/mol. The highest BCUT2D eigenvalue weighted by atomic mass is 32.2. The van der Waals surface area contributed by atoms with E-state index >= 15 is 0 Å². The van der Waals surface area contributed by atoms with Gasteiger partial charge in [0, 0.05) is 23.0 Å². The third-order valence-electron chi connectivity index (χ3n) is 4.29. The fraction of sp³-hybridized carbons (Fsp3) is 0.0526. The number of azo groups is 1. The van der Waals surface area contributed by atoms with Gasteiger partial charge in [0.05, 0.1) is 4.90 Å². The first-order chi connectivity index (χ1) is 15.6. The first-order valence-corrected chi connectivity index (χ1v) is 12.5. The second-order valence-electron chi connectivity index (χ2n) is 6.23. The van der Waals surface area contributed by atoms with Gasteiger partial charge in [-0.05, 0) is 29.2 Å². The maximum atomic E-state index is 11.6. The fourth-order valence-electron chi connectivity index (χ4n) is 2.98. The third kappa shape index (κ3) is 5.67. The smallest absolute Gasteiger partial charge is 0.425 e. The van der Waals surface area contributed by atoms with Crippen molar-refractivity contribution in [2.24, 2.45) is 10.2 Å². The number of aromatic hydroxyl groups is 1. The molecule has 0 amide bonds. The number of nitrogens with zero attached hydrogens (tertiary/aromatic N) is 4. The topological polar surface area (TPSA) is 176 Å². The summed E-state index contributed by atoms with van der Waals surface area (Å²) in [6, 6.07) is 12.8. The molecule has 14 heteroatoms. The van der Waals surface area contributed by atoms with Crippen LogP contribution in [-0.4, -0.2) is 46.9 Å². The van der Waals surface area contributed by atoms with Gasteiger partial charge in [-0.15, -0.1) is 22.9 Å². The number of aromatic nitrogens is 2. The molecule has 0 bridgehead atoms. The molecule has 0 fully saturated rings. The van der Waals surface area contributed by atoms with Gasteiger partial charge in [0.1, 0.15) is 5.69 Å². The van der Waals surface area contributed by atoms with Crippen LogP contribution in [0.4, 0.5) is 11.5 Å². The van der Waals surface area contributed by atoms with Crippen molar-refractivity contribution < 1.29 is 30.7 Å². The summed E-state index contributed by atoms with van der Waals surface area (Å²) in [4.78, 5) is 7.97. The van der Waals surface area contributed by atoms with Gasteiger partial charge in [0.25, 0.3) is 10.1 Å². The Kier molecular flexibility index (Phi) is 7.33. The van der Waals surface area contributed by atoms with E-state index in [0.717, 1.165) is 0 Å². The van der Waals surface area contributed by atoms with Gasteiger partial charge in [-0.25, -0.2) is 9.97 Å². The molecule has 4 rings (SSSR count). The molecule has 3 aromatic carbocycles. The molecule has 0 radical (unpaired) electrons. The third-order valence-corrected chi connectivity index (χ3v) is 5.71. The van der Waals surface area contributed by atoms with E-state index in [0.29, 0.717) is 26.7 Å². The molecule has 0 atom stereocenters. The van der Waals surface area contributed by atoms with Crippen molar-refractivity contribution in [1.29, 1.82) is 0 Å². The molecular formula is C19H14N4O7S3. The van der Waals surface area contributed by atoms with Crippen LogP contribution in [0.1, 0.15) is 0 Å². The number of hydrogen-bond donors (Lipinski definition) is 2. The van der Waals surface area contributed by atoms with Gasteiger partial charge in [-0.2, -0.15) is 8.42 Å². The second kappa shape index (κ2) is 9.99. The van der Waals surface area contributed by atoms with Gasteiger partial charge in [-0.1, -0.05) is 42.1 Å². The van der Waals surface area contributed by atoms with Crippen LogP contribution in [0.15, 0.2) is 75.0 Å². The maximum Gasteiger partial charge on any atom is 0.425 e. The minimum absolute atomic E-state index is 0.0773. The Bertz CT molecular complexity index is 1600. The zero-order valence-electron chi connectivity index (χ0n) is 16.6. The van der Waals surface area contributed by atoms with Gasteiger partial charge in [0.15, 0.2) is 16.7 Å². The van der Waals surface area contributed by atoms with E-state index in [9.17, 15) is 18.1 Å². The van der Waals surface area contributed by atoms with Crippen LogP contribution in [-0.2, 0) is 20.7 Å². The molecule has 0 aliphatic heterocycles. The quantitative estimate of drug-likeness (QED) is 0.136. The lowest BCUT2D eigenvalue weighted by molar-refractivity contribution is 0.481. The summed E-state index contributed by atoms with van der Waals surface area (Å²) in [5.74, 6) is 0.138. The van der Waals surface area contributed by atoms with Crippen LogP contribution in [0.3, 0.4) is 0 Å². The van der Waals surface area contributed by atoms with Gasteiger partial charge < -0.3 is 5.11 Å². The molecule has 0 saturated carbocycles. The normalized spacial score (nSPS) is 11.5. The second-order valence-corrected chi connectivity index (χ2v) is 8.83. The molecule has 0 unspecified atom stereocenters. The zero-order chi connectivity index (χ0) is 24.2. The van der Waals surface area contributed by atoms with Crippen LogP contribution in [0.5, 0.6) is 5.75 Å². The van der Waals surface area contributed by atoms with Crippen LogP contribution in [0.25, 0.3) is 21.5 Å². The Morgan fingerprint density at radius 2 is 1.58 bits per heavy atom. The predicted octanol–water partition coefficient (Wildman–Crippen LogP) is 3.87. The summed E-state index contributed by atoms with van der Waals surface area (Å²) in [6.45, 7) is 0. The number of benzene rings is 3. The molecule has 11 nitrogen and oxygen atoms in total. The van der Waals surface area contributed by atoms with Crippen LogP contribution >= 0.6 is 11.8 Å². The van der Waals surface area contributed by atoms with E-state index in [2.05, 4.69) is 20.2 Å². The average molecular weight is 507 g/mol. The molecule has 0 saturated heterocycles. The monoisotopic (exact) mass is 506 g/mol. The van der Waals surface area contributed by atoms with Gasteiger partial charge in [-0.3, -0.25) is 4.55 Å². The summed E-state index contributed by atoms with van der Waals surface area (Å²) < 4.78 is 58.0. The molecule has 170 valence electrons. The van der Waals surface area contributed by atoms with Crippen molar-refractivity contribution in [3.05, 3.63) is 54.7 Å². The molecule has 0 aliphatic rings. The lowest BCUT2D eigenvalue weighted by atomic mass is 9.99. The Morgan fingerprint density at radius 3 is 2.21 bits per heavy atom. The summed E-state index contributed by atoms with van der Waals surface area (Å²) in [7, 11) is -7.54. The largest absolute Gasteiger partial charge is 0.505 e. The Morgan fingerprint density at radius 1 is 0.939 bits per heavy atom. The molecule has 1 aromatic heterocycles. The van der Waals surface area contributed by atoms with Crippen molar-refractivity contribution in [3.63, 3.8) is 0 Å². The van der Waals surface area contributed by atoms with Crippen molar-refractivity contribution >= 4 is 65.5 Å². The number of fused-ring (bicyclic) bond motifs is 3. The molecule has 0 aliphatic carbocycles. The highest BCUT2D eigenvalue weighted by Crippen LogP contribution is 2.44. The zero-order valence-corrected chi connectivity index (χ0v) is 19.1. The van der Waals surface area contributed by atoms with E-state index in [1.165, 1.54) is 23.9 Å². The Hall–Kier alpha value is -3.46. The lowest BCUT2D eigenvalue weighted by Gasteiger charge is -2.11. The number of phenols is 1. The first-order valence-electron chi connectivity index (χ1n) is 8.82. The minimum Gasteiger partial charge on any atom is -0.505 e. The fourth-order valence-corrected chi connectivity index (χ4v) is 3.84. The summed E-state index contributed by atoms with van der Waals surface area (Å²) >= 11 is 1.35. The van der Waals surface area contributed by atoms with Gasteiger partial charge in [0.2, 0.25) is 0 Å². The molecule has 4 aromatic rings. The predicted molar refractivity (Wildman–Crippen MR) is 121 cm³/mol. The van der Waals surface area contributed by atoms with E-state index in [-0.39, 0.29) is 22.2 Å². The Balaban J connectivity index is 0.000000709. The Labute approximate surface area is 193 Å². The molecule has 0 spiro atoms. The SMILES string of the molecule is CSc1nccc(N=Nc2c(O)c3ccccc3c3ccc(S(=O)(=O)O)cc23)n1.O=S(=O)=O. The van der Waals surface area contributed by atoms with E-state index in [1.807, 2.05) is 12.3 Å². The summed E-state index contributed by atoms with van der Waals surface area (Å²) in [5, 5.41) is 21.8. The number of hydrogen-bond acceptors (Lipinski definition) is 11. The van der Waals surface area contributed by atoms with Crippen molar-refractivity contribution in [1.82, 2.24) is 9.97 Å². The van der Waals surface area contributed by atoms with E-state index in [4.69, 9.17) is 12.6 Å². The van der Waals surface area contributed by atoms with Crippen molar-refractivity contribution in [2.75, 3.05) is 6.26 Å². The molecule has 2 N–H and O–H groups in total. The average Bonchev–Trinajstić information content (AvgIpc) is 2.78. The van der Waals surface area contributed by atoms with Crippen LogP contribution in [0.2, 0.25) is 0 Å². The molecule has 1 heterocycles. The van der Waals surface area contributed by atoms with Crippen molar-refractivity contribution in [2.45, 2.75) is 10.1 Å². The van der Waals surface area contributed by atoms with E-state index < -0.39 is 20.7 Å². The summed E-state index contributed by atoms with van der Waals surface area (Å²) in [5.41, 5.74) is 0.0773. The number of thioether (sulfide) groups is 1.